The molecule has 0 aliphatic rings. The van der Waals surface area contributed by atoms with Crippen LogP contribution in [0.1, 0.15) is 19.8 Å². The first kappa shape index (κ1) is 10.6. The SMILES string of the molecule is CCC[C@H](N)CSc1ccccc1. The first-order valence-corrected chi connectivity index (χ1v) is 5.75. The molecule has 0 heterocycles. The molecule has 2 heteroatoms. The van der Waals surface area contributed by atoms with E-state index in [0.717, 1.165) is 12.2 Å². The molecule has 13 heavy (non-hydrogen) atoms. The second-order valence-corrected chi connectivity index (χ2v) is 4.27. The summed E-state index contributed by atoms with van der Waals surface area (Å²) in [7, 11) is 0. The van der Waals surface area contributed by atoms with Gasteiger partial charge in [0.05, 0.1) is 0 Å². The van der Waals surface area contributed by atoms with Crippen molar-refractivity contribution in [3.63, 3.8) is 0 Å². The minimum atomic E-state index is 0.343. The van der Waals surface area contributed by atoms with Crippen molar-refractivity contribution in [2.45, 2.75) is 30.7 Å². The minimum absolute atomic E-state index is 0.343. The second-order valence-electron chi connectivity index (χ2n) is 3.17. The fraction of sp³-hybridized carbons (Fsp3) is 0.455. The largest absolute Gasteiger partial charge is 0.327 e. The number of hydrogen-bond acceptors (Lipinski definition) is 2. The van der Waals surface area contributed by atoms with Crippen molar-refractivity contribution in [3.05, 3.63) is 30.3 Å². The van der Waals surface area contributed by atoms with Crippen LogP contribution in [0.3, 0.4) is 0 Å². The van der Waals surface area contributed by atoms with E-state index in [1.807, 2.05) is 17.8 Å². The Balaban J connectivity index is 2.27. The van der Waals surface area contributed by atoms with E-state index in [2.05, 4.69) is 31.2 Å². The summed E-state index contributed by atoms with van der Waals surface area (Å²) in [5, 5.41) is 0. The summed E-state index contributed by atoms with van der Waals surface area (Å²) in [6.45, 7) is 2.17. The van der Waals surface area contributed by atoms with Gasteiger partial charge in [0.1, 0.15) is 0 Å². The molecule has 72 valence electrons. The fourth-order valence-corrected chi connectivity index (χ4v) is 2.10. The summed E-state index contributed by atoms with van der Waals surface area (Å²) < 4.78 is 0. The topological polar surface area (TPSA) is 26.0 Å². The molecule has 0 spiro atoms. The average Bonchev–Trinajstić information content (AvgIpc) is 2.17. The van der Waals surface area contributed by atoms with Crippen LogP contribution in [0.4, 0.5) is 0 Å². The number of thioether (sulfide) groups is 1. The lowest BCUT2D eigenvalue weighted by Crippen LogP contribution is -2.22. The van der Waals surface area contributed by atoms with Crippen molar-refractivity contribution in [2.24, 2.45) is 5.73 Å². The van der Waals surface area contributed by atoms with Crippen LogP contribution in [-0.2, 0) is 0 Å². The smallest absolute Gasteiger partial charge is 0.0133 e. The lowest BCUT2D eigenvalue weighted by atomic mass is 10.2. The van der Waals surface area contributed by atoms with E-state index in [0.29, 0.717) is 6.04 Å². The Kier molecular flexibility index (Phi) is 4.94. The standard InChI is InChI=1S/C11H17NS/c1-2-6-10(12)9-13-11-7-4-3-5-8-11/h3-5,7-8,10H,2,6,9,12H2,1H3/t10-/m0/s1. The van der Waals surface area contributed by atoms with E-state index < -0.39 is 0 Å². The molecule has 0 fully saturated rings. The molecule has 1 aromatic carbocycles. The molecule has 1 aromatic rings. The Morgan fingerprint density at radius 3 is 2.62 bits per heavy atom. The lowest BCUT2D eigenvalue weighted by molar-refractivity contribution is 0.661. The van der Waals surface area contributed by atoms with Gasteiger partial charge in [-0.3, -0.25) is 0 Å². The Hall–Kier alpha value is -0.470. The first-order valence-electron chi connectivity index (χ1n) is 4.76. The third kappa shape index (κ3) is 4.34. The molecule has 0 bridgehead atoms. The van der Waals surface area contributed by atoms with Crippen LogP contribution in [0, 0.1) is 0 Å². The van der Waals surface area contributed by atoms with Gasteiger partial charge in [0, 0.05) is 16.7 Å². The van der Waals surface area contributed by atoms with Crippen LogP contribution in [0.2, 0.25) is 0 Å². The molecule has 0 radical (unpaired) electrons. The van der Waals surface area contributed by atoms with Gasteiger partial charge in [0.2, 0.25) is 0 Å². The van der Waals surface area contributed by atoms with E-state index in [9.17, 15) is 0 Å². The molecule has 0 saturated carbocycles. The highest BCUT2D eigenvalue weighted by molar-refractivity contribution is 7.99. The summed E-state index contributed by atoms with van der Waals surface area (Å²) >= 11 is 1.84. The maximum absolute atomic E-state index is 5.91. The highest BCUT2D eigenvalue weighted by Crippen LogP contribution is 2.18. The van der Waals surface area contributed by atoms with Gasteiger partial charge in [-0.25, -0.2) is 0 Å². The van der Waals surface area contributed by atoms with E-state index in [4.69, 9.17) is 5.73 Å². The third-order valence-corrected chi connectivity index (χ3v) is 3.07. The van der Waals surface area contributed by atoms with Crippen LogP contribution < -0.4 is 5.73 Å². The lowest BCUT2D eigenvalue weighted by Gasteiger charge is -2.08. The maximum Gasteiger partial charge on any atom is 0.0133 e. The van der Waals surface area contributed by atoms with Crippen molar-refractivity contribution in [1.29, 1.82) is 0 Å². The van der Waals surface area contributed by atoms with Gasteiger partial charge in [-0.05, 0) is 18.6 Å². The zero-order chi connectivity index (χ0) is 9.52. The zero-order valence-electron chi connectivity index (χ0n) is 8.07. The van der Waals surface area contributed by atoms with E-state index in [-0.39, 0.29) is 0 Å². The second kappa shape index (κ2) is 6.06. The maximum atomic E-state index is 5.91. The monoisotopic (exact) mass is 195 g/mol. The Labute approximate surface area is 84.7 Å². The molecule has 0 unspecified atom stereocenters. The molecule has 1 atom stereocenters. The van der Waals surface area contributed by atoms with Crippen molar-refractivity contribution in [3.8, 4) is 0 Å². The van der Waals surface area contributed by atoms with E-state index >= 15 is 0 Å². The van der Waals surface area contributed by atoms with Crippen molar-refractivity contribution in [1.82, 2.24) is 0 Å². The molecular formula is C11H17NS. The summed E-state index contributed by atoms with van der Waals surface area (Å²) in [4.78, 5) is 1.31. The fourth-order valence-electron chi connectivity index (χ4n) is 1.17. The first-order chi connectivity index (χ1) is 6.33. The van der Waals surface area contributed by atoms with Gasteiger partial charge in [0.25, 0.3) is 0 Å². The van der Waals surface area contributed by atoms with Gasteiger partial charge in [-0.2, -0.15) is 0 Å². The Bertz CT molecular complexity index is 223. The molecule has 0 aliphatic heterocycles. The molecule has 0 amide bonds. The number of benzene rings is 1. The number of nitrogens with two attached hydrogens (primary N) is 1. The zero-order valence-corrected chi connectivity index (χ0v) is 8.89. The minimum Gasteiger partial charge on any atom is -0.327 e. The quantitative estimate of drug-likeness (QED) is 0.731. The summed E-state index contributed by atoms with van der Waals surface area (Å²) in [6.07, 6.45) is 2.30. The van der Waals surface area contributed by atoms with Gasteiger partial charge < -0.3 is 5.73 Å². The van der Waals surface area contributed by atoms with Crippen molar-refractivity contribution < 1.29 is 0 Å². The van der Waals surface area contributed by atoms with Gasteiger partial charge in [0.15, 0.2) is 0 Å². The third-order valence-electron chi connectivity index (χ3n) is 1.87. The molecule has 1 rings (SSSR count). The van der Waals surface area contributed by atoms with Gasteiger partial charge >= 0.3 is 0 Å². The summed E-state index contributed by atoms with van der Waals surface area (Å²) in [6, 6.07) is 10.8. The van der Waals surface area contributed by atoms with Crippen LogP contribution in [-0.4, -0.2) is 11.8 Å². The van der Waals surface area contributed by atoms with E-state index in [1.54, 1.807) is 0 Å². The Morgan fingerprint density at radius 1 is 1.31 bits per heavy atom. The molecule has 0 aliphatic carbocycles. The van der Waals surface area contributed by atoms with Crippen molar-refractivity contribution in [2.75, 3.05) is 5.75 Å². The van der Waals surface area contributed by atoms with Gasteiger partial charge in [-0.15, -0.1) is 11.8 Å². The summed E-state index contributed by atoms with van der Waals surface area (Å²) in [5.74, 6) is 1.03. The van der Waals surface area contributed by atoms with E-state index in [1.165, 1.54) is 11.3 Å². The molecular weight excluding hydrogens is 178 g/mol. The van der Waals surface area contributed by atoms with Crippen LogP contribution >= 0.6 is 11.8 Å². The average molecular weight is 195 g/mol. The van der Waals surface area contributed by atoms with Gasteiger partial charge in [-0.1, -0.05) is 31.5 Å². The normalized spacial score (nSPS) is 12.8. The highest BCUT2D eigenvalue weighted by Gasteiger charge is 2.01. The number of hydrogen-bond donors (Lipinski definition) is 1. The van der Waals surface area contributed by atoms with Crippen LogP contribution in [0.25, 0.3) is 0 Å². The predicted molar refractivity (Wildman–Crippen MR) is 60.0 cm³/mol. The molecule has 0 saturated heterocycles. The summed E-state index contributed by atoms with van der Waals surface area (Å²) in [5.41, 5.74) is 5.91. The number of rotatable bonds is 5. The van der Waals surface area contributed by atoms with Crippen LogP contribution in [0.15, 0.2) is 35.2 Å². The molecule has 0 aromatic heterocycles. The Morgan fingerprint density at radius 2 is 2.00 bits per heavy atom. The van der Waals surface area contributed by atoms with Crippen molar-refractivity contribution >= 4 is 11.8 Å². The highest BCUT2D eigenvalue weighted by atomic mass is 32.2. The van der Waals surface area contributed by atoms with Crippen LogP contribution in [0.5, 0.6) is 0 Å². The molecule has 1 nitrogen and oxygen atoms in total. The molecule has 2 N–H and O–H groups in total. The predicted octanol–water partition coefficient (Wildman–Crippen LogP) is 2.91.